The van der Waals surface area contributed by atoms with E-state index in [-0.39, 0.29) is 0 Å². The number of hydrogen-bond acceptors (Lipinski definition) is 2. The number of benzene rings is 10. The predicted octanol–water partition coefficient (Wildman–Crippen LogP) is 16.3. The molecule has 0 spiro atoms. The number of aromatic nitrogens is 1. The zero-order valence-corrected chi connectivity index (χ0v) is 33.2. The standard InChI is InChI=1S/C58H38N2O/c1-2-14-39(15-3-1)40-28-32-45(33-29-40)59(54-26-12-17-42-16-4-5-18-48(42)54)46-34-30-41(31-35-46)43-36-44(49-22-13-23-53-52-21-8-11-27-57(52)61-58(49)53)38-47(37-43)60-55-24-9-6-19-50(55)51-20-7-10-25-56(51)60/h1-38H. The summed E-state index contributed by atoms with van der Waals surface area (Å²) in [6.45, 7) is 0. The number of rotatable bonds is 7. The summed E-state index contributed by atoms with van der Waals surface area (Å²) in [5.41, 5.74) is 15.3. The molecule has 2 heterocycles. The van der Waals surface area contributed by atoms with Crippen molar-refractivity contribution >= 4 is 71.6 Å². The Hall–Kier alpha value is -8.14. The quantitative estimate of drug-likeness (QED) is 0.161. The molecule has 0 aliphatic carbocycles. The number of nitrogens with zero attached hydrogens (tertiary/aromatic N) is 2. The zero-order chi connectivity index (χ0) is 40.3. The third-order valence-electron chi connectivity index (χ3n) is 12.2. The molecule has 2 aromatic heterocycles. The first-order chi connectivity index (χ1) is 30.2. The van der Waals surface area contributed by atoms with E-state index in [0.29, 0.717) is 0 Å². The summed E-state index contributed by atoms with van der Waals surface area (Å²) < 4.78 is 9.04. The molecule has 12 aromatic rings. The van der Waals surface area contributed by atoms with Crippen LogP contribution in [0.3, 0.4) is 0 Å². The molecular formula is C58H38N2O. The third kappa shape index (κ3) is 5.90. The molecule has 0 aliphatic heterocycles. The lowest BCUT2D eigenvalue weighted by Crippen LogP contribution is -2.10. The first kappa shape index (κ1) is 34.9. The van der Waals surface area contributed by atoms with Crippen LogP contribution in [0.2, 0.25) is 0 Å². The first-order valence-electron chi connectivity index (χ1n) is 20.8. The van der Waals surface area contributed by atoms with Gasteiger partial charge in [0.2, 0.25) is 0 Å². The fourth-order valence-corrected chi connectivity index (χ4v) is 9.30. The van der Waals surface area contributed by atoms with Gasteiger partial charge < -0.3 is 13.9 Å². The van der Waals surface area contributed by atoms with Gasteiger partial charge in [-0.2, -0.15) is 0 Å². The molecule has 0 fully saturated rings. The fraction of sp³-hybridized carbons (Fsp3) is 0. The maximum absolute atomic E-state index is 6.63. The number of anilines is 3. The van der Waals surface area contributed by atoms with Gasteiger partial charge in [0.25, 0.3) is 0 Å². The maximum atomic E-state index is 6.63. The van der Waals surface area contributed by atoms with E-state index >= 15 is 0 Å². The number of furan rings is 1. The predicted molar refractivity (Wildman–Crippen MR) is 257 cm³/mol. The minimum absolute atomic E-state index is 0.893. The highest BCUT2D eigenvalue weighted by molar-refractivity contribution is 6.11. The van der Waals surface area contributed by atoms with Crippen molar-refractivity contribution in [3.8, 4) is 39.1 Å². The lowest BCUT2D eigenvalue weighted by molar-refractivity contribution is 0.670. The summed E-state index contributed by atoms with van der Waals surface area (Å²) in [5, 5.41) is 7.12. The van der Waals surface area contributed by atoms with E-state index in [4.69, 9.17) is 4.42 Å². The van der Waals surface area contributed by atoms with Gasteiger partial charge in [-0.3, -0.25) is 0 Å². The van der Waals surface area contributed by atoms with Crippen LogP contribution in [-0.2, 0) is 0 Å². The largest absolute Gasteiger partial charge is 0.455 e. The summed E-state index contributed by atoms with van der Waals surface area (Å²) in [6, 6.07) is 83.0. The minimum Gasteiger partial charge on any atom is -0.455 e. The summed E-state index contributed by atoms with van der Waals surface area (Å²) >= 11 is 0. The molecule has 0 atom stereocenters. The van der Waals surface area contributed by atoms with Crippen molar-refractivity contribution in [3.63, 3.8) is 0 Å². The average Bonchev–Trinajstić information content (AvgIpc) is 3.89. The molecule has 0 radical (unpaired) electrons. The van der Waals surface area contributed by atoms with Crippen molar-refractivity contribution in [3.05, 3.63) is 231 Å². The molecule has 0 unspecified atom stereocenters. The van der Waals surface area contributed by atoms with E-state index in [1.54, 1.807) is 0 Å². The van der Waals surface area contributed by atoms with Crippen molar-refractivity contribution in [1.82, 2.24) is 4.57 Å². The molecule has 61 heavy (non-hydrogen) atoms. The Morgan fingerprint density at radius 1 is 0.344 bits per heavy atom. The zero-order valence-electron chi connectivity index (χ0n) is 33.2. The second-order valence-electron chi connectivity index (χ2n) is 15.7. The molecule has 0 saturated carbocycles. The maximum Gasteiger partial charge on any atom is 0.143 e. The molecule has 0 saturated heterocycles. The molecule has 0 N–H and O–H groups in total. The molecular weight excluding hydrogens is 741 g/mol. The molecule has 0 aliphatic rings. The Bertz CT molecular complexity index is 3520. The van der Waals surface area contributed by atoms with Gasteiger partial charge in [-0.05, 0) is 99.9 Å². The average molecular weight is 779 g/mol. The number of fused-ring (bicyclic) bond motifs is 7. The van der Waals surface area contributed by atoms with Crippen molar-refractivity contribution < 1.29 is 4.42 Å². The van der Waals surface area contributed by atoms with Crippen molar-refractivity contribution in [2.24, 2.45) is 0 Å². The second kappa shape index (κ2) is 14.3. The summed E-state index contributed by atoms with van der Waals surface area (Å²) in [5.74, 6) is 0. The van der Waals surface area contributed by atoms with Crippen LogP contribution < -0.4 is 4.90 Å². The van der Waals surface area contributed by atoms with E-state index in [9.17, 15) is 0 Å². The number of hydrogen-bond donors (Lipinski definition) is 0. The van der Waals surface area contributed by atoms with Crippen LogP contribution in [0.4, 0.5) is 17.1 Å². The Labute approximate surface area is 353 Å². The van der Waals surface area contributed by atoms with Crippen LogP contribution in [0.5, 0.6) is 0 Å². The van der Waals surface area contributed by atoms with Crippen molar-refractivity contribution in [2.45, 2.75) is 0 Å². The van der Waals surface area contributed by atoms with Gasteiger partial charge >= 0.3 is 0 Å². The molecule has 0 amide bonds. The van der Waals surface area contributed by atoms with Crippen LogP contribution in [0, 0.1) is 0 Å². The molecule has 286 valence electrons. The topological polar surface area (TPSA) is 21.3 Å². The molecule has 3 nitrogen and oxygen atoms in total. The molecule has 0 bridgehead atoms. The van der Waals surface area contributed by atoms with E-state index in [0.717, 1.165) is 66.9 Å². The highest BCUT2D eigenvalue weighted by Gasteiger charge is 2.19. The Balaban J connectivity index is 1.04. The van der Waals surface area contributed by atoms with Crippen LogP contribution >= 0.6 is 0 Å². The second-order valence-corrected chi connectivity index (χ2v) is 15.7. The Kier molecular flexibility index (Phi) is 8.17. The Morgan fingerprint density at radius 2 is 0.869 bits per heavy atom. The van der Waals surface area contributed by atoms with Crippen LogP contribution in [0.15, 0.2) is 235 Å². The van der Waals surface area contributed by atoms with Gasteiger partial charge in [-0.15, -0.1) is 0 Å². The van der Waals surface area contributed by atoms with Gasteiger partial charge in [0.15, 0.2) is 0 Å². The molecule has 3 heteroatoms. The van der Waals surface area contributed by atoms with E-state index < -0.39 is 0 Å². The van der Waals surface area contributed by atoms with Crippen molar-refractivity contribution in [1.29, 1.82) is 0 Å². The smallest absolute Gasteiger partial charge is 0.143 e. The van der Waals surface area contributed by atoms with Gasteiger partial charge in [0.1, 0.15) is 11.2 Å². The fourth-order valence-electron chi connectivity index (χ4n) is 9.30. The van der Waals surface area contributed by atoms with Gasteiger partial charge in [0.05, 0.1) is 16.7 Å². The normalized spacial score (nSPS) is 11.6. The first-order valence-corrected chi connectivity index (χ1v) is 20.8. The van der Waals surface area contributed by atoms with Crippen LogP contribution in [-0.4, -0.2) is 4.57 Å². The molecule has 10 aromatic carbocycles. The van der Waals surface area contributed by atoms with Crippen molar-refractivity contribution in [2.75, 3.05) is 4.90 Å². The van der Waals surface area contributed by atoms with Crippen LogP contribution in [0.25, 0.3) is 93.6 Å². The van der Waals surface area contributed by atoms with Crippen LogP contribution in [0.1, 0.15) is 0 Å². The third-order valence-corrected chi connectivity index (χ3v) is 12.2. The Morgan fingerprint density at radius 3 is 1.59 bits per heavy atom. The van der Waals surface area contributed by atoms with E-state index in [1.807, 2.05) is 6.07 Å². The monoisotopic (exact) mass is 778 g/mol. The lowest BCUT2D eigenvalue weighted by atomic mass is 9.96. The highest BCUT2D eigenvalue weighted by Crippen LogP contribution is 2.43. The van der Waals surface area contributed by atoms with Gasteiger partial charge in [0, 0.05) is 49.6 Å². The minimum atomic E-state index is 0.893. The molecule has 12 rings (SSSR count). The van der Waals surface area contributed by atoms with E-state index in [2.05, 4.69) is 234 Å². The van der Waals surface area contributed by atoms with Gasteiger partial charge in [-0.25, -0.2) is 0 Å². The summed E-state index contributed by atoms with van der Waals surface area (Å²) in [4.78, 5) is 2.38. The lowest BCUT2D eigenvalue weighted by Gasteiger charge is -2.27. The number of para-hydroxylation sites is 4. The SMILES string of the molecule is c1ccc(-c2ccc(N(c3ccc(-c4cc(-c5cccc6c5oc5ccccc56)cc(-n5c6ccccc6c6ccccc65)c4)cc3)c3cccc4ccccc34)cc2)cc1. The highest BCUT2D eigenvalue weighted by atomic mass is 16.3. The van der Waals surface area contributed by atoms with E-state index in [1.165, 1.54) is 43.7 Å². The summed E-state index contributed by atoms with van der Waals surface area (Å²) in [6.07, 6.45) is 0. The summed E-state index contributed by atoms with van der Waals surface area (Å²) in [7, 11) is 0. The van der Waals surface area contributed by atoms with Gasteiger partial charge in [-0.1, -0.05) is 164 Å².